The van der Waals surface area contributed by atoms with E-state index in [4.69, 9.17) is 0 Å². The summed E-state index contributed by atoms with van der Waals surface area (Å²) in [6, 6.07) is 32.3. The van der Waals surface area contributed by atoms with Crippen LogP contribution in [0.3, 0.4) is 0 Å². The van der Waals surface area contributed by atoms with Crippen molar-refractivity contribution in [1.29, 1.82) is 0 Å². The average molecular weight is 405 g/mol. The van der Waals surface area contributed by atoms with Gasteiger partial charge in [-0.2, -0.15) is 11.8 Å². The fourth-order valence-corrected chi connectivity index (χ4v) is 4.32. The molecule has 0 aromatic heterocycles. The van der Waals surface area contributed by atoms with Gasteiger partial charge in [-0.05, 0) is 23.7 Å². The van der Waals surface area contributed by atoms with E-state index in [9.17, 15) is 0 Å². The lowest BCUT2D eigenvalue weighted by Gasteiger charge is -2.25. The molecule has 0 saturated carbocycles. The van der Waals surface area contributed by atoms with Crippen molar-refractivity contribution in [2.24, 2.45) is 0 Å². The van der Waals surface area contributed by atoms with Gasteiger partial charge in [0, 0.05) is 44.2 Å². The molecule has 0 amide bonds. The van der Waals surface area contributed by atoms with Gasteiger partial charge in [0.15, 0.2) is 0 Å². The molecular weight excluding hydrogens is 372 g/mol. The highest BCUT2D eigenvalue weighted by molar-refractivity contribution is 7.98. The van der Waals surface area contributed by atoms with Gasteiger partial charge in [0.1, 0.15) is 0 Å². The Balaban J connectivity index is 1.47. The first-order chi connectivity index (χ1) is 14.3. The number of hydrogen-bond donors (Lipinski definition) is 0. The van der Waals surface area contributed by atoms with E-state index < -0.39 is 0 Å². The topological polar surface area (TPSA) is 6.48 Å². The Morgan fingerprint density at radius 3 is 1.69 bits per heavy atom. The zero-order valence-corrected chi connectivity index (χ0v) is 18.2. The minimum atomic E-state index is 1.00. The maximum atomic E-state index is 2.59. The smallest absolute Gasteiger partial charge is 0.0234 e. The van der Waals surface area contributed by atoms with E-state index in [1.807, 2.05) is 11.8 Å². The van der Waals surface area contributed by atoms with Crippen molar-refractivity contribution in [3.63, 3.8) is 0 Å². The molecule has 0 aliphatic heterocycles. The first kappa shape index (κ1) is 21.6. The van der Waals surface area contributed by atoms with Crippen LogP contribution in [0.2, 0.25) is 0 Å². The molecule has 0 atom stereocenters. The Kier molecular flexibility index (Phi) is 9.31. The number of thioether (sulfide) groups is 1. The van der Waals surface area contributed by atoms with Gasteiger partial charge in [0.05, 0.1) is 0 Å². The van der Waals surface area contributed by atoms with Gasteiger partial charge in [-0.15, -0.1) is 0 Å². The lowest BCUT2D eigenvalue weighted by atomic mass is 10.2. The van der Waals surface area contributed by atoms with Crippen LogP contribution < -0.4 is 0 Å². The summed E-state index contributed by atoms with van der Waals surface area (Å²) in [5.74, 6) is 2.25. The molecule has 0 saturated heterocycles. The summed E-state index contributed by atoms with van der Waals surface area (Å²) in [6.45, 7) is 5.30. The second kappa shape index (κ2) is 12.5. The lowest BCUT2D eigenvalue weighted by Crippen LogP contribution is -2.34. The van der Waals surface area contributed by atoms with Gasteiger partial charge in [-0.3, -0.25) is 4.90 Å². The normalized spacial score (nSPS) is 11.3. The third-order valence-corrected chi connectivity index (χ3v) is 6.01. The maximum absolute atomic E-state index is 2.59. The Morgan fingerprint density at radius 1 is 0.586 bits per heavy atom. The summed E-state index contributed by atoms with van der Waals surface area (Å²) in [6.07, 6.45) is 0. The fraction of sp³-hybridized carbons (Fsp3) is 0.308. The van der Waals surface area contributed by atoms with Gasteiger partial charge in [0.2, 0.25) is 0 Å². The van der Waals surface area contributed by atoms with E-state index in [2.05, 4.69) is 108 Å². The molecular formula is C26H32N2S. The van der Waals surface area contributed by atoms with E-state index in [0.29, 0.717) is 0 Å². The van der Waals surface area contributed by atoms with Crippen LogP contribution in [0.5, 0.6) is 0 Å². The van der Waals surface area contributed by atoms with Gasteiger partial charge in [-0.1, -0.05) is 91.0 Å². The van der Waals surface area contributed by atoms with E-state index in [-0.39, 0.29) is 0 Å². The van der Waals surface area contributed by atoms with Gasteiger partial charge >= 0.3 is 0 Å². The molecule has 0 unspecified atom stereocenters. The van der Waals surface area contributed by atoms with E-state index >= 15 is 0 Å². The predicted molar refractivity (Wildman–Crippen MR) is 127 cm³/mol. The Morgan fingerprint density at radius 2 is 1.10 bits per heavy atom. The quantitative estimate of drug-likeness (QED) is 0.365. The zero-order valence-electron chi connectivity index (χ0n) is 17.4. The third-order valence-electron chi connectivity index (χ3n) is 5.01. The molecule has 0 aliphatic rings. The van der Waals surface area contributed by atoms with Crippen LogP contribution in [0.1, 0.15) is 16.7 Å². The van der Waals surface area contributed by atoms with Crippen molar-refractivity contribution in [2.75, 3.05) is 32.4 Å². The fourth-order valence-electron chi connectivity index (χ4n) is 3.36. The van der Waals surface area contributed by atoms with Crippen molar-refractivity contribution >= 4 is 11.8 Å². The molecule has 29 heavy (non-hydrogen) atoms. The predicted octanol–water partition coefficient (Wildman–Crippen LogP) is 5.55. The van der Waals surface area contributed by atoms with E-state index in [1.54, 1.807) is 0 Å². The summed E-state index contributed by atoms with van der Waals surface area (Å²) < 4.78 is 0. The monoisotopic (exact) mass is 404 g/mol. The van der Waals surface area contributed by atoms with Crippen molar-refractivity contribution < 1.29 is 0 Å². The zero-order chi connectivity index (χ0) is 20.2. The van der Waals surface area contributed by atoms with Crippen LogP contribution >= 0.6 is 11.8 Å². The molecule has 0 heterocycles. The van der Waals surface area contributed by atoms with Crippen LogP contribution in [0.25, 0.3) is 0 Å². The molecule has 3 aromatic carbocycles. The molecule has 0 bridgehead atoms. The third kappa shape index (κ3) is 8.45. The van der Waals surface area contributed by atoms with Crippen molar-refractivity contribution in [3.05, 3.63) is 108 Å². The summed E-state index contributed by atoms with van der Waals surface area (Å²) >= 11 is 2.03. The second-order valence-electron chi connectivity index (χ2n) is 7.52. The first-order valence-corrected chi connectivity index (χ1v) is 11.6. The van der Waals surface area contributed by atoms with Crippen LogP contribution in [-0.4, -0.2) is 42.2 Å². The highest BCUT2D eigenvalue weighted by Gasteiger charge is 2.08. The molecule has 3 rings (SSSR count). The van der Waals surface area contributed by atoms with Crippen LogP contribution in [0.4, 0.5) is 0 Å². The number of nitrogens with zero attached hydrogens (tertiary/aromatic N) is 2. The molecule has 152 valence electrons. The number of rotatable bonds is 12. The minimum Gasteiger partial charge on any atom is -0.301 e. The summed E-state index contributed by atoms with van der Waals surface area (Å²) in [4.78, 5) is 5.01. The molecule has 0 aliphatic carbocycles. The van der Waals surface area contributed by atoms with E-state index in [1.165, 1.54) is 16.7 Å². The van der Waals surface area contributed by atoms with Gasteiger partial charge < -0.3 is 4.90 Å². The highest BCUT2D eigenvalue weighted by atomic mass is 32.2. The summed E-state index contributed by atoms with van der Waals surface area (Å²) in [5.41, 5.74) is 4.18. The molecule has 0 N–H and O–H groups in total. The molecule has 0 fully saturated rings. The molecule has 0 spiro atoms. The van der Waals surface area contributed by atoms with Crippen LogP contribution in [0, 0.1) is 0 Å². The largest absolute Gasteiger partial charge is 0.301 e. The standard InChI is InChI=1S/C26H32N2S/c1-27(21-24-11-5-2-6-12-24)17-18-28(22-25-13-7-3-8-14-25)19-20-29-23-26-15-9-4-10-16-26/h2-16H,17-23H2,1H3. The Bertz CT molecular complexity index is 793. The summed E-state index contributed by atoms with van der Waals surface area (Å²) in [5, 5.41) is 0. The van der Waals surface area contributed by atoms with Crippen molar-refractivity contribution in [2.45, 2.75) is 18.8 Å². The average Bonchev–Trinajstić information content (AvgIpc) is 2.77. The number of benzene rings is 3. The van der Waals surface area contributed by atoms with E-state index in [0.717, 1.165) is 44.2 Å². The highest BCUT2D eigenvalue weighted by Crippen LogP contribution is 2.13. The number of likely N-dealkylation sites (N-methyl/N-ethyl adjacent to an activating group) is 1. The number of hydrogen-bond acceptors (Lipinski definition) is 3. The summed E-state index contributed by atoms with van der Waals surface area (Å²) in [7, 11) is 2.22. The van der Waals surface area contributed by atoms with Crippen molar-refractivity contribution in [3.8, 4) is 0 Å². The molecule has 0 radical (unpaired) electrons. The first-order valence-electron chi connectivity index (χ1n) is 10.4. The molecule has 3 heteroatoms. The SMILES string of the molecule is CN(CCN(CCSCc1ccccc1)Cc1ccccc1)Cc1ccccc1. The van der Waals surface area contributed by atoms with Crippen molar-refractivity contribution in [1.82, 2.24) is 9.80 Å². The molecule has 3 aromatic rings. The van der Waals surface area contributed by atoms with Gasteiger partial charge in [0.25, 0.3) is 0 Å². The Labute approximate surface area is 180 Å². The lowest BCUT2D eigenvalue weighted by molar-refractivity contribution is 0.224. The molecule has 2 nitrogen and oxygen atoms in total. The van der Waals surface area contributed by atoms with Crippen LogP contribution in [0.15, 0.2) is 91.0 Å². The maximum Gasteiger partial charge on any atom is 0.0234 e. The Hall–Kier alpha value is -2.07. The minimum absolute atomic E-state index is 1.00. The second-order valence-corrected chi connectivity index (χ2v) is 8.63. The van der Waals surface area contributed by atoms with Crippen LogP contribution in [-0.2, 0) is 18.8 Å². The van der Waals surface area contributed by atoms with Gasteiger partial charge in [-0.25, -0.2) is 0 Å².